The van der Waals surface area contributed by atoms with Crippen LogP contribution in [0.4, 0.5) is 18.9 Å². The van der Waals surface area contributed by atoms with E-state index in [1.807, 2.05) is 0 Å². The van der Waals surface area contributed by atoms with Crippen LogP contribution in [0.2, 0.25) is 0 Å². The number of aryl methyl sites for hydroxylation is 1. The Balaban J connectivity index is 2.25. The lowest BCUT2D eigenvalue weighted by molar-refractivity contribution is -0.138. The van der Waals surface area contributed by atoms with Crippen LogP contribution < -0.4 is 5.32 Å². The molecule has 1 aromatic heterocycles. The molecule has 2 rings (SSSR count). The molecular weight excluding hydrogens is 259 g/mol. The van der Waals surface area contributed by atoms with Gasteiger partial charge < -0.3 is 9.73 Å². The fraction of sp³-hybridized carbons (Fsp3) is 0.154. The van der Waals surface area contributed by atoms with Gasteiger partial charge in [-0.05, 0) is 30.7 Å². The Hall–Kier alpha value is -2.24. The minimum absolute atomic E-state index is 0.0872. The maximum absolute atomic E-state index is 12.7. The number of amides is 1. The zero-order chi connectivity index (χ0) is 14.0. The first kappa shape index (κ1) is 13.2. The Labute approximate surface area is 107 Å². The molecule has 1 aromatic carbocycles. The molecule has 0 aliphatic carbocycles. The largest absolute Gasteiger partial charge is 0.472 e. The van der Waals surface area contributed by atoms with Crippen molar-refractivity contribution in [1.29, 1.82) is 0 Å². The maximum atomic E-state index is 12.7. The van der Waals surface area contributed by atoms with Crippen molar-refractivity contribution in [1.82, 2.24) is 0 Å². The number of alkyl halides is 3. The zero-order valence-corrected chi connectivity index (χ0v) is 9.91. The summed E-state index contributed by atoms with van der Waals surface area (Å²) in [6, 6.07) is 5.07. The van der Waals surface area contributed by atoms with E-state index >= 15 is 0 Å². The lowest BCUT2D eigenvalue weighted by Gasteiger charge is -2.12. The number of carbonyl (C=O) groups is 1. The van der Waals surface area contributed by atoms with E-state index < -0.39 is 17.6 Å². The standard InChI is InChI=1S/C13H10F3NO2/c1-8-2-3-10(6-11(8)13(14,15)16)17-12(18)9-4-5-19-7-9/h2-7H,1H3,(H,17,18). The van der Waals surface area contributed by atoms with Gasteiger partial charge in [0, 0.05) is 5.69 Å². The summed E-state index contributed by atoms with van der Waals surface area (Å²) in [5.41, 5.74) is -0.329. The summed E-state index contributed by atoms with van der Waals surface area (Å²) in [4.78, 5) is 11.7. The molecule has 0 radical (unpaired) electrons. The molecule has 0 atom stereocenters. The van der Waals surface area contributed by atoms with Crippen LogP contribution >= 0.6 is 0 Å². The van der Waals surface area contributed by atoms with Gasteiger partial charge in [-0.15, -0.1) is 0 Å². The van der Waals surface area contributed by atoms with Crippen molar-refractivity contribution in [2.24, 2.45) is 0 Å². The van der Waals surface area contributed by atoms with E-state index in [4.69, 9.17) is 4.42 Å². The van der Waals surface area contributed by atoms with Gasteiger partial charge in [0.1, 0.15) is 6.26 Å². The average molecular weight is 269 g/mol. The normalized spacial score (nSPS) is 11.4. The van der Waals surface area contributed by atoms with Crippen LogP contribution in [-0.2, 0) is 6.18 Å². The van der Waals surface area contributed by atoms with Crippen LogP contribution in [0.1, 0.15) is 21.5 Å². The summed E-state index contributed by atoms with van der Waals surface area (Å²) in [5, 5.41) is 2.39. The molecule has 1 heterocycles. The van der Waals surface area contributed by atoms with Gasteiger partial charge in [0.15, 0.2) is 0 Å². The predicted octanol–water partition coefficient (Wildman–Crippen LogP) is 3.86. The lowest BCUT2D eigenvalue weighted by atomic mass is 10.1. The van der Waals surface area contributed by atoms with Crippen molar-refractivity contribution in [3.05, 3.63) is 53.5 Å². The van der Waals surface area contributed by atoms with Gasteiger partial charge in [-0.1, -0.05) is 6.07 Å². The number of rotatable bonds is 2. The highest BCUT2D eigenvalue weighted by molar-refractivity contribution is 6.04. The number of nitrogens with one attached hydrogen (secondary N) is 1. The monoisotopic (exact) mass is 269 g/mol. The fourth-order valence-electron chi connectivity index (χ4n) is 1.60. The lowest BCUT2D eigenvalue weighted by Crippen LogP contribution is -2.13. The zero-order valence-electron chi connectivity index (χ0n) is 9.91. The van der Waals surface area contributed by atoms with Crippen LogP contribution in [0.15, 0.2) is 41.2 Å². The third-order valence-corrected chi connectivity index (χ3v) is 2.58. The minimum Gasteiger partial charge on any atom is -0.472 e. The highest BCUT2D eigenvalue weighted by Crippen LogP contribution is 2.33. The summed E-state index contributed by atoms with van der Waals surface area (Å²) in [6.07, 6.45) is -1.92. The second kappa shape index (κ2) is 4.79. The van der Waals surface area contributed by atoms with Crippen molar-refractivity contribution < 1.29 is 22.4 Å². The molecule has 2 aromatic rings. The third kappa shape index (κ3) is 2.96. The molecule has 0 saturated heterocycles. The van der Waals surface area contributed by atoms with Crippen molar-refractivity contribution in [3.8, 4) is 0 Å². The van der Waals surface area contributed by atoms with Crippen LogP contribution in [-0.4, -0.2) is 5.91 Å². The Kier molecular flexibility index (Phi) is 3.33. The van der Waals surface area contributed by atoms with E-state index in [-0.39, 0.29) is 16.8 Å². The first-order valence-electron chi connectivity index (χ1n) is 5.39. The van der Waals surface area contributed by atoms with Gasteiger partial charge in [0.2, 0.25) is 0 Å². The van der Waals surface area contributed by atoms with E-state index in [2.05, 4.69) is 5.32 Å². The molecule has 1 amide bonds. The van der Waals surface area contributed by atoms with E-state index in [0.717, 1.165) is 6.07 Å². The first-order chi connectivity index (χ1) is 8.88. The molecule has 0 spiro atoms. The second-order valence-electron chi connectivity index (χ2n) is 3.99. The number of hydrogen-bond acceptors (Lipinski definition) is 2. The second-order valence-corrected chi connectivity index (χ2v) is 3.99. The number of benzene rings is 1. The highest BCUT2D eigenvalue weighted by Gasteiger charge is 2.32. The molecule has 3 nitrogen and oxygen atoms in total. The fourth-order valence-corrected chi connectivity index (χ4v) is 1.60. The molecule has 0 fully saturated rings. The van der Waals surface area contributed by atoms with E-state index in [0.29, 0.717) is 0 Å². The van der Waals surface area contributed by atoms with Crippen molar-refractivity contribution in [2.75, 3.05) is 5.32 Å². The van der Waals surface area contributed by atoms with E-state index in [1.165, 1.54) is 37.6 Å². The van der Waals surface area contributed by atoms with Gasteiger partial charge in [-0.25, -0.2) is 0 Å². The van der Waals surface area contributed by atoms with Crippen molar-refractivity contribution >= 4 is 11.6 Å². The number of hydrogen-bond donors (Lipinski definition) is 1. The molecular formula is C13H10F3NO2. The number of furan rings is 1. The molecule has 1 N–H and O–H groups in total. The molecule has 19 heavy (non-hydrogen) atoms. The van der Waals surface area contributed by atoms with E-state index in [9.17, 15) is 18.0 Å². The highest BCUT2D eigenvalue weighted by atomic mass is 19.4. The summed E-state index contributed by atoms with van der Waals surface area (Å²) >= 11 is 0. The summed E-state index contributed by atoms with van der Waals surface area (Å²) in [6.45, 7) is 1.37. The number of halogens is 3. The molecule has 0 aliphatic rings. The van der Waals surface area contributed by atoms with Crippen LogP contribution in [0.3, 0.4) is 0 Å². The minimum atomic E-state index is -4.44. The average Bonchev–Trinajstić information content (AvgIpc) is 2.83. The predicted molar refractivity (Wildman–Crippen MR) is 62.8 cm³/mol. The smallest absolute Gasteiger partial charge is 0.416 e. The quantitative estimate of drug-likeness (QED) is 0.899. The van der Waals surface area contributed by atoms with Crippen molar-refractivity contribution in [3.63, 3.8) is 0 Å². The van der Waals surface area contributed by atoms with E-state index in [1.54, 1.807) is 0 Å². The molecule has 0 aliphatic heterocycles. The van der Waals surface area contributed by atoms with Gasteiger partial charge in [0.05, 0.1) is 17.4 Å². The van der Waals surface area contributed by atoms with Crippen LogP contribution in [0, 0.1) is 6.92 Å². The van der Waals surface area contributed by atoms with Gasteiger partial charge in [0.25, 0.3) is 5.91 Å². The SMILES string of the molecule is Cc1ccc(NC(=O)c2ccoc2)cc1C(F)(F)F. The summed E-state index contributed by atoms with van der Waals surface area (Å²) in [5.74, 6) is -0.522. The summed E-state index contributed by atoms with van der Waals surface area (Å²) in [7, 11) is 0. The Morgan fingerprint density at radius 3 is 2.58 bits per heavy atom. The van der Waals surface area contributed by atoms with Gasteiger partial charge in [-0.2, -0.15) is 13.2 Å². The van der Waals surface area contributed by atoms with Gasteiger partial charge >= 0.3 is 6.18 Å². The topological polar surface area (TPSA) is 42.2 Å². The van der Waals surface area contributed by atoms with Crippen LogP contribution in [0.25, 0.3) is 0 Å². The maximum Gasteiger partial charge on any atom is 0.416 e. The van der Waals surface area contributed by atoms with Crippen molar-refractivity contribution in [2.45, 2.75) is 13.1 Å². The molecule has 0 unspecified atom stereocenters. The first-order valence-corrected chi connectivity index (χ1v) is 5.39. The molecule has 0 bridgehead atoms. The number of carbonyl (C=O) groups excluding carboxylic acids is 1. The molecule has 0 saturated carbocycles. The van der Waals surface area contributed by atoms with Gasteiger partial charge in [-0.3, -0.25) is 4.79 Å². The Morgan fingerprint density at radius 2 is 2.00 bits per heavy atom. The van der Waals surface area contributed by atoms with Crippen LogP contribution in [0.5, 0.6) is 0 Å². The Bertz CT molecular complexity index is 588. The Morgan fingerprint density at radius 1 is 1.26 bits per heavy atom. The summed E-state index contributed by atoms with van der Waals surface area (Å²) < 4.78 is 42.9. The number of anilines is 1. The third-order valence-electron chi connectivity index (χ3n) is 2.58. The molecule has 6 heteroatoms. The molecule has 100 valence electrons.